The van der Waals surface area contributed by atoms with Crippen LogP contribution >= 0.6 is 0 Å². The quantitative estimate of drug-likeness (QED) is 0.488. The molecule has 5 rings (SSSR count). The van der Waals surface area contributed by atoms with Gasteiger partial charge in [0, 0.05) is 17.7 Å². The summed E-state index contributed by atoms with van der Waals surface area (Å²) in [7, 11) is 0. The molecule has 3 aromatic carbocycles. The predicted molar refractivity (Wildman–Crippen MR) is 112 cm³/mol. The summed E-state index contributed by atoms with van der Waals surface area (Å²) in [5.41, 5.74) is -0.263. The summed E-state index contributed by atoms with van der Waals surface area (Å²) in [6.45, 7) is 5.56. The Balaban J connectivity index is 1.82. The summed E-state index contributed by atoms with van der Waals surface area (Å²) in [4.78, 5) is 12.8. The second kappa shape index (κ2) is 7.22. The van der Waals surface area contributed by atoms with Crippen LogP contribution in [0.15, 0.2) is 48.5 Å². The highest BCUT2D eigenvalue weighted by atomic mass is 19.1. The second-order valence-electron chi connectivity index (χ2n) is 7.88. The van der Waals surface area contributed by atoms with E-state index in [2.05, 4.69) is 0 Å². The number of carbonyl (C=O) groups excluding carboxylic acids is 1. The van der Waals surface area contributed by atoms with Gasteiger partial charge in [0.1, 0.15) is 11.5 Å². The van der Waals surface area contributed by atoms with Crippen molar-refractivity contribution in [2.45, 2.75) is 32.5 Å². The lowest BCUT2D eigenvalue weighted by atomic mass is 9.77. The molecule has 32 heavy (non-hydrogen) atoms. The Morgan fingerprint density at radius 2 is 1.56 bits per heavy atom. The lowest BCUT2D eigenvalue weighted by Crippen LogP contribution is -2.33. The van der Waals surface area contributed by atoms with E-state index < -0.39 is 23.2 Å². The van der Waals surface area contributed by atoms with Crippen molar-refractivity contribution in [3.63, 3.8) is 0 Å². The molecule has 3 aromatic rings. The van der Waals surface area contributed by atoms with Crippen molar-refractivity contribution in [3.8, 4) is 23.0 Å². The summed E-state index contributed by atoms with van der Waals surface area (Å²) in [6.07, 6.45) is -0.268. The fraction of sp³-hybridized carbons (Fsp3) is 0.240. The van der Waals surface area contributed by atoms with Gasteiger partial charge in [-0.2, -0.15) is 0 Å². The van der Waals surface area contributed by atoms with Crippen molar-refractivity contribution in [2.75, 3.05) is 6.61 Å². The van der Waals surface area contributed by atoms with Crippen LogP contribution in [0.2, 0.25) is 0 Å². The number of hydrogen-bond acceptors (Lipinski definition) is 5. The Morgan fingerprint density at radius 3 is 2.22 bits per heavy atom. The largest absolute Gasteiger partial charge is 0.491 e. The van der Waals surface area contributed by atoms with Gasteiger partial charge in [-0.3, -0.25) is 0 Å². The SMILES string of the molecule is CCOc1cc2c(cc1F)C1(OC(=O)c3ccccc31)c1cc(F)c(OC(C)C)cc1O2. The van der Waals surface area contributed by atoms with Gasteiger partial charge in [0.05, 0.1) is 29.4 Å². The summed E-state index contributed by atoms with van der Waals surface area (Å²) >= 11 is 0. The van der Waals surface area contributed by atoms with Crippen LogP contribution in [0.4, 0.5) is 8.78 Å². The van der Waals surface area contributed by atoms with Crippen molar-refractivity contribution >= 4 is 5.97 Å². The monoisotopic (exact) mass is 438 g/mol. The molecule has 0 bridgehead atoms. The number of fused-ring (bicyclic) bond motifs is 6. The van der Waals surface area contributed by atoms with Gasteiger partial charge in [0.15, 0.2) is 28.7 Å². The molecule has 2 heterocycles. The maximum Gasteiger partial charge on any atom is 0.340 e. The van der Waals surface area contributed by atoms with Gasteiger partial charge >= 0.3 is 5.97 Å². The standard InChI is InChI=1S/C25H20F2O5/c1-4-29-22-11-20-16(9-18(22)26)25(15-8-6-5-7-14(15)24(28)32-25)17-10-19(27)23(30-13(2)3)12-21(17)31-20/h5-13H,4H2,1-3H3. The number of benzene rings is 3. The smallest absolute Gasteiger partial charge is 0.340 e. The van der Waals surface area contributed by atoms with Gasteiger partial charge < -0.3 is 18.9 Å². The van der Waals surface area contributed by atoms with E-state index >= 15 is 4.39 Å². The van der Waals surface area contributed by atoms with Crippen LogP contribution in [-0.4, -0.2) is 18.7 Å². The average Bonchev–Trinajstić information content (AvgIpc) is 3.04. The number of rotatable bonds is 4. The van der Waals surface area contributed by atoms with Crippen LogP contribution in [0, 0.1) is 11.6 Å². The first-order valence-corrected chi connectivity index (χ1v) is 10.3. The molecular weight excluding hydrogens is 418 g/mol. The highest BCUT2D eigenvalue weighted by Crippen LogP contribution is 2.57. The molecule has 0 amide bonds. The molecule has 1 unspecified atom stereocenters. The lowest BCUT2D eigenvalue weighted by molar-refractivity contribution is 0.0221. The molecule has 0 saturated carbocycles. The van der Waals surface area contributed by atoms with Crippen LogP contribution in [0.25, 0.3) is 0 Å². The zero-order valence-electron chi connectivity index (χ0n) is 17.7. The predicted octanol–water partition coefficient (Wildman–Crippen LogP) is 5.72. The van der Waals surface area contributed by atoms with E-state index in [1.807, 2.05) is 0 Å². The van der Waals surface area contributed by atoms with E-state index in [1.165, 1.54) is 24.3 Å². The first kappa shape index (κ1) is 20.3. The fourth-order valence-corrected chi connectivity index (χ4v) is 4.28. The van der Waals surface area contributed by atoms with Gasteiger partial charge in [-0.25, -0.2) is 13.6 Å². The second-order valence-corrected chi connectivity index (χ2v) is 7.88. The summed E-state index contributed by atoms with van der Waals surface area (Å²) in [5, 5.41) is 0. The van der Waals surface area contributed by atoms with Crippen molar-refractivity contribution < 1.29 is 32.5 Å². The van der Waals surface area contributed by atoms with Gasteiger partial charge in [-0.15, -0.1) is 0 Å². The van der Waals surface area contributed by atoms with Gasteiger partial charge in [0.2, 0.25) is 0 Å². The van der Waals surface area contributed by atoms with E-state index in [0.717, 1.165) is 0 Å². The van der Waals surface area contributed by atoms with Gasteiger partial charge in [-0.1, -0.05) is 18.2 Å². The molecule has 0 saturated heterocycles. The molecule has 0 aromatic heterocycles. The topological polar surface area (TPSA) is 54.0 Å². The first-order valence-electron chi connectivity index (χ1n) is 10.3. The molecule has 164 valence electrons. The Morgan fingerprint density at radius 1 is 0.938 bits per heavy atom. The number of ether oxygens (including phenoxy) is 4. The summed E-state index contributed by atoms with van der Waals surface area (Å²) in [5.74, 6) is -1.38. The van der Waals surface area contributed by atoms with Crippen molar-refractivity contribution in [1.82, 2.24) is 0 Å². The molecule has 5 nitrogen and oxygen atoms in total. The van der Waals surface area contributed by atoms with Crippen LogP contribution in [0.5, 0.6) is 23.0 Å². The Labute approximate surface area is 183 Å². The van der Waals surface area contributed by atoms with Crippen LogP contribution < -0.4 is 14.2 Å². The van der Waals surface area contributed by atoms with Crippen LogP contribution in [-0.2, 0) is 10.3 Å². The Kier molecular flexibility index (Phi) is 4.58. The fourth-order valence-electron chi connectivity index (χ4n) is 4.28. The van der Waals surface area contributed by atoms with Crippen molar-refractivity contribution in [3.05, 3.63) is 82.4 Å². The minimum absolute atomic E-state index is 0.00195. The summed E-state index contributed by atoms with van der Waals surface area (Å²) in [6, 6.07) is 12.1. The van der Waals surface area contributed by atoms with Gasteiger partial charge in [-0.05, 0) is 39.0 Å². The van der Waals surface area contributed by atoms with E-state index in [4.69, 9.17) is 18.9 Å². The van der Waals surface area contributed by atoms with Crippen LogP contribution in [0.1, 0.15) is 47.8 Å². The number of hydrogen-bond donors (Lipinski definition) is 0. The average molecular weight is 438 g/mol. The number of halogens is 2. The zero-order valence-corrected chi connectivity index (χ0v) is 17.7. The van der Waals surface area contributed by atoms with E-state index in [1.54, 1.807) is 45.0 Å². The maximum atomic E-state index is 15.1. The first-order chi connectivity index (χ1) is 15.3. The third-order valence-corrected chi connectivity index (χ3v) is 5.48. The van der Waals surface area contributed by atoms with Crippen LogP contribution in [0.3, 0.4) is 0 Å². The molecule has 2 aliphatic rings. The highest BCUT2D eigenvalue weighted by Gasteiger charge is 2.54. The van der Waals surface area contributed by atoms with Gasteiger partial charge in [0.25, 0.3) is 0 Å². The third-order valence-electron chi connectivity index (χ3n) is 5.48. The van der Waals surface area contributed by atoms with Crippen molar-refractivity contribution in [2.24, 2.45) is 0 Å². The molecule has 0 aliphatic carbocycles. The maximum absolute atomic E-state index is 15.1. The molecule has 0 N–H and O–H groups in total. The van der Waals surface area contributed by atoms with E-state index in [0.29, 0.717) is 11.1 Å². The minimum atomic E-state index is -1.57. The van der Waals surface area contributed by atoms with E-state index in [9.17, 15) is 9.18 Å². The normalized spacial score (nSPS) is 18.0. The summed E-state index contributed by atoms with van der Waals surface area (Å²) < 4.78 is 52.9. The number of carbonyl (C=O) groups is 1. The molecular formula is C25H20F2O5. The van der Waals surface area contributed by atoms with E-state index in [-0.39, 0.29) is 46.8 Å². The molecule has 2 aliphatic heterocycles. The number of esters is 1. The Hall–Kier alpha value is -3.61. The molecule has 0 radical (unpaired) electrons. The molecule has 7 heteroatoms. The third kappa shape index (κ3) is 2.84. The minimum Gasteiger partial charge on any atom is -0.491 e. The molecule has 1 atom stereocenters. The van der Waals surface area contributed by atoms with Crippen molar-refractivity contribution in [1.29, 1.82) is 0 Å². The zero-order chi connectivity index (χ0) is 22.6. The Bertz CT molecular complexity index is 1250. The molecule has 0 fully saturated rings. The lowest BCUT2D eigenvalue weighted by Gasteiger charge is -2.37. The molecule has 1 spiro atoms. The highest BCUT2D eigenvalue weighted by molar-refractivity contribution is 5.97.